The molecule has 0 spiro atoms. The van der Waals surface area contributed by atoms with E-state index in [1.165, 1.54) is 17.7 Å². The molecular weight excluding hydrogens is 391 g/mol. The van der Waals surface area contributed by atoms with Gasteiger partial charge >= 0.3 is 6.03 Å². The molecule has 0 radical (unpaired) electrons. The number of nitrogens with one attached hydrogen (secondary N) is 2. The summed E-state index contributed by atoms with van der Waals surface area (Å²) in [6, 6.07) is 18.3. The molecule has 31 heavy (non-hydrogen) atoms. The maximum atomic E-state index is 13.1. The number of hydrogen-bond donors (Lipinski definition) is 2. The lowest BCUT2D eigenvalue weighted by Crippen LogP contribution is -2.39. The molecular formula is C25H25FN4O. The zero-order chi connectivity index (χ0) is 21.8. The van der Waals surface area contributed by atoms with Crippen LogP contribution < -0.4 is 10.2 Å². The Bertz CT molecular complexity index is 1170. The van der Waals surface area contributed by atoms with Gasteiger partial charge in [-0.3, -0.25) is 4.90 Å². The van der Waals surface area contributed by atoms with E-state index in [0.717, 1.165) is 27.7 Å². The first-order valence-corrected chi connectivity index (χ1v) is 10.4. The van der Waals surface area contributed by atoms with E-state index < -0.39 is 0 Å². The minimum Gasteiger partial charge on any atom is -0.348 e. The fraction of sp³-hybridized carbons (Fsp3) is 0.200. The average Bonchev–Trinajstić information content (AvgIpc) is 3.33. The number of halogens is 1. The third-order valence-corrected chi connectivity index (χ3v) is 5.58. The van der Waals surface area contributed by atoms with E-state index in [-0.39, 0.29) is 17.8 Å². The number of carbonyl (C=O) groups is 1. The topological polar surface area (TPSA) is 61.0 Å². The van der Waals surface area contributed by atoms with Gasteiger partial charge < -0.3 is 10.3 Å². The van der Waals surface area contributed by atoms with Crippen LogP contribution in [0.5, 0.6) is 0 Å². The lowest BCUT2D eigenvalue weighted by molar-refractivity contribution is 0.246. The summed E-state index contributed by atoms with van der Waals surface area (Å²) in [5.41, 5.74) is 3.89. The number of hydrogen-bond acceptors (Lipinski definition) is 2. The van der Waals surface area contributed by atoms with Crippen LogP contribution in [0.25, 0.3) is 10.8 Å². The fourth-order valence-electron chi connectivity index (χ4n) is 3.82. The molecule has 4 aromatic rings. The molecule has 0 aliphatic carbocycles. The lowest BCUT2D eigenvalue weighted by Gasteiger charge is -2.23. The zero-order valence-electron chi connectivity index (χ0n) is 17.6. The molecule has 158 valence electrons. The highest BCUT2D eigenvalue weighted by Gasteiger charge is 2.17. The summed E-state index contributed by atoms with van der Waals surface area (Å²) in [5, 5.41) is 5.15. The summed E-state index contributed by atoms with van der Waals surface area (Å²) in [4.78, 5) is 21.9. The monoisotopic (exact) mass is 416 g/mol. The quantitative estimate of drug-likeness (QED) is 0.430. The van der Waals surface area contributed by atoms with Crippen molar-refractivity contribution >= 4 is 22.5 Å². The maximum absolute atomic E-state index is 13.1. The van der Waals surface area contributed by atoms with Crippen molar-refractivity contribution in [2.24, 2.45) is 0 Å². The van der Waals surface area contributed by atoms with Crippen molar-refractivity contribution in [2.45, 2.75) is 26.3 Å². The number of aromatic amines is 1. The Labute approximate surface area is 180 Å². The van der Waals surface area contributed by atoms with Gasteiger partial charge in [0.15, 0.2) is 0 Å². The molecule has 1 atom stereocenters. The Morgan fingerprint density at radius 2 is 1.97 bits per heavy atom. The summed E-state index contributed by atoms with van der Waals surface area (Å²) < 4.78 is 13.1. The second-order valence-electron chi connectivity index (χ2n) is 7.51. The van der Waals surface area contributed by atoms with Crippen molar-refractivity contribution in [1.29, 1.82) is 0 Å². The van der Waals surface area contributed by atoms with Crippen LogP contribution in [0.1, 0.15) is 36.6 Å². The Balaban J connectivity index is 1.60. The first-order chi connectivity index (χ1) is 15.1. The predicted octanol–water partition coefficient (Wildman–Crippen LogP) is 5.59. The minimum atomic E-state index is -0.290. The summed E-state index contributed by atoms with van der Waals surface area (Å²) in [6.45, 7) is 4.95. The number of amides is 2. The number of carbonyl (C=O) groups excluding carboxylic acids is 1. The van der Waals surface area contributed by atoms with Crippen molar-refractivity contribution in [3.8, 4) is 0 Å². The van der Waals surface area contributed by atoms with Crippen LogP contribution in [0.3, 0.4) is 0 Å². The first-order valence-electron chi connectivity index (χ1n) is 10.4. The number of rotatable bonds is 6. The van der Waals surface area contributed by atoms with Crippen LogP contribution in [-0.2, 0) is 6.54 Å². The Morgan fingerprint density at radius 3 is 2.68 bits per heavy atom. The molecule has 0 bridgehead atoms. The van der Waals surface area contributed by atoms with E-state index in [2.05, 4.69) is 46.5 Å². The molecule has 0 aliphatic rings. The highest BCUT2D eigenvalue weighted by Crippen LogP contribution is 2.32. The number of H-pyrrole nitrogens is 1. The average molecular weight is 417 g/mol. The van der Waals surface area contributed by atoms with E-state index in [9.17, 15) is 9.18 Å². The predicted molar refractivity (Wildman–Crippen MR) is 122 cm³/mol. The van der Waals surface area contributed by atoms with Crippen LogP contribution in [0.15, 0.2) is 73.2 Å². The van der Waals surface area contributed by atoms with Gasteiger partial charge in [0.25, 0.3) is 0 Å². The first kappa shape index (κ1) is 20.6. The molecule has 4 rings (SSSR count). The highest BCUT2D eigenvalue weighted by atomic mass is 19.1. The van der Waals surface area contributed by atoms with Gasteiger partial charge in [-0.05, 0) is 53.1 Å². The fourth-order valence-corrected chi connectivity index (χ4v) is 3.82. The normalized spacial score (nSPS) is 12.0. The van der Waals surface area contributed by atoms with Gasteiger partial charge in [0.2, 0.25) is 0 Å². The molecule has 0 saturated carbocycles. The molecule has 6 heteroatoms. The van der Waals surface area contributed by atoms with Gasteiger partial charge in [-0.15, -0.1) is 0 Å². The second-order valence-corrected chi connectivity index (χ2v) is 7.51. The Morgan fingerprint density at radius 1 is 1.16 bits per heavy atom. The highest BCUT2D eigenvalue weighted by molar-refractivity contribution is 5.96. The molecule has 1 unspecified atom stereocenters. The number of urea groups is 1. The van der Waals surface area contributed by atoms with Gasteiger partial charge in [0, 0.05) is 36.6 Å². The zero-order valence-corrected chi connectivity index (χ0v) is 17.6. The number of benzene rings is 3. The van der Waals surface area contributed by atoms with Crippen LogP contribution >= 0.6 is 0 Å². The van der Waals surface area contributed by atoms with Gasteiger partial charge in [0.1, 0.15) is 5.82 Å². The summed E-state index contributed by atoms with van der Waals surface area (Å²) in [7, 11) is 0. The van der Waals surface area contributed by atoms with Gasteiger partial charge in [-0.2, -0.15) is 0 Å². The third kappa shape index (κ3) is 4.43. The van der Waals surface area contributed by atoms with Crippen LogP contribution in [0.4, 0.5) is 14.9 Å². The summed E-state index contributed by atoms with van der Waals surface area (Å²) in [5.74, 6) is -0.148. The number of nitrogens with zero attached hydrogens (tertiary/aromatic N) is 2. The van der Waals surface area contributed by atoms with E-state index in [0.29, 0.717) is 13.1 Å². The molecule has 2 amide bonds. The molecule has 0 saturated heterocycles. The van der Waals surface area contributed by atoms with E-state index in [1.807, 2.05) is 25.3 Å². The minimum absolute atomic E-state index is 0.142. The van der Waals surface area contributed by atoms with Crippen LogP contribution in [-0.4, -0.2) is 22.5 Å². The second kappa shape index (κ2) is 9.00. The molecule has 3 aromatic carbocycles. The Hall–Kier alpha value is -3.67. The van der Waals surface area contributed by atoms with Gasteiger partial charge in [-0.25, -0.2) is 14.2 Å². The molecule has 5 nitrogen and oxygen atoms in total. The molecule has 2 N–H and O–H groups in total. The van der Waals surface area contributed by atoms with E-state index in [1.54, 1.807) is 23.4 Å². The number of anilines is 1. The van der Waals surface area contributed by atoms with Crippen LogP contribution in [0.2, 0.25) is 0 Å². The Kier molecular flexibility index (Phi) is 5.98. The smallest absolute Gasteiger partial charge is 0.322 e. The lowest BCUT2D eigenvalue weighted by atomic mass is 9.92. The van der Waals surface area contributed by atoms with Crippen molar-refractivity contribution < 1.29 is 9.18 Å². The standard InChI is InChI=1S/C25H25FN4O/c1-3-30(25(31)28-14-18-7-10-20(26)11-8-18)21-12-9-19-5-4-6-22(23(19)13-21)17(2)24-15-27-16-29-24/h4-13,15-17H,3,14H2,1-2H3,(H,27,29)(H,28,31). The number of imidazole rings is 1. The van der Waals surface area contributed by atoms with Gasteiger partial charge in [-0.1, -0.05) is 43.3 Å². The van der Waals surface area contributed by atoms with Crippen molar-refractivity contribution in [3.63, 3.8) is 0 Å². The number of fused-ring (bicyclic) bond motifs is 1. The molecule has 0 aliphatic heterocycles. The third-order valence-electron chi connectivity index (χ3n) is 5.58. The maximum Gasteiger partial charge on any atom is 0.322 e. The molecule has 1 heterocycles. The number of aromatic nitrogens is 2. The van der Waals surface area contributed by atoms with Crippen LogP contribution in [0, 0.1) is 5.82 Å². The van der Waals surface area contributed by atoms with E-state index in [4.69, 9.17) is 0 Å². The van der Waals surface area contributed by atoms with Crippen molar-refractivity contribution in [3.05, 3.63) is 95.8 Å². The molecule has 1 aromatic heterocycles. The molecule has 0 fully saturated rings. The SMILES string of the molecule is CCN(C(=O)NCc1ccc(F)cc1)c1ccc2cccc(C(C)c3cnc[nH]3)c2c1. The summed E-state index contributed by atoms with van der Waals surface area (Å²) >= 11 is 0. The largest absolute Gasteiger partial charge is 0.348 e. The van der Waals surface area contributed by atoms with Crippen molar-refractivity contribution in [1.82, 2.24) is 15.3 Å². The van der Waals surface area contributed by atoms with Gasteiger partial charge in [0.05, 0.1) is 6.33 Å². The van der Waals surface area contributed by atoms with E-state index >= 15 is 0 Å². The van der Waals surface area contributed by atoms with Crippen molar-refractivity contribution in [2.75, 3.05) is 11.4 Å². The summed E-state index contributed by atoms with van der Waals surface area (Å²) in [6.07, 6.45) is 3.53.